The number of anilines is 2. The van der Waals surface area contributed by atoms with Crippen molar-refractivity contribution in [3.8, 4) is 11.5 Å². The number of nitrogens with one attached hydrogen (secondary N) is 2. The Balaban J connectivity index is 1.96. The fraction of sp³-hybridized carbons (Fsp3) is 0.300. The first-order chi connectivity index (χ1) is 12.4. The Morgan fingerprint density at radius 3 is 2.50 bits per heavy atom. The van der Waals surface area contributed by atoms with Gasteiger partial charge in [-0.2, -0.15) is 0 Å². The lowest BCUT2D eigenvalue weighted by Gasteiger charge is -2.13. The van der Waals surface area contributed by atoms with Crippen molar-refractivity contribution in [2.45, 2.75) is 27.2 Å². The molecule has 0 spiro atoms. The third-order valence-electron chi connectivity index (χ3n) is 3.94. The Bertz CT molecular complexity index is 802. The van der Waals surface area contributed by atoms with Gasteiger partial charge in [0, 0.05) is 12.6 Å². The van der Waals surface area contributed by atoms with Crippen molar-refractivity contribution in [3.63, 3.8) is 0 Å². The molecule has 2 N–H and O–H groups in total. The summed E-state index contributed by atoms with van der Waals surface area (Å²) in [5.74, 6) is 0.911. The zero-order valence-corrected chi connectivity index (χ0v) is 15.5. The first-order valence-electron chi connectivity index (χ1n) is 8.35. The van der Waals surface area contributed by atoms with Crippen molar-refractivity contribution < 1.29 is 19.1 Å². The predicted molar refractivity (Wildman–Crippen MR) is 102 cm³/mol. The molecule has 0 aliphatic rings. The maximum absolute atomic E-state index is 12.2. The summed E-state index contributed by atoms with van der Waals surface area (Å²) in [4.78, 5) is 23.4. The molecule has 0 aliphatic heterocycles. The largest absolute Gasteiger partial charge is 0.495 e. The zero-order valence-electron chi connectivity index (χ0n) is 15.5. The van der Waals surface area contributed by atoms with Crippen molar-refractivity contribution in [3.05, 3.63) is 47.5 Å². The molecule has 2 rings (SSSR count). The molecule has 2 aromatic carbocycles. The topological polar surface area (TPSA) is 76.7 Å². The van der Waals surface area contributed by atoms with E-state index in [1.165, 1.54) is 14.0 Å². The van der Waals surface area contributed by atoms with Crippen LogP contribution in [0.15, 0.2) is 36.4 Å². The Hall–Kier alpha value is -3.02. The molecule has 6 heteroatoms. The first kappa shape index (κ1) is 19.3. The Morgan fingerprint density at radius 1 is 1.04 bits per heavy atom. The Morgan fingerprint density at radius 2 is 1.81 bits per heavy atom. The second-order valence-corrected chi connectivity index (χ2v) is 5.94. The average Bonchev–Trinajstić information content (AvgIpc) is 2.58. The summed E-state index contributed by atoms with van der Waals surface area (Å²) in [6.07, 6.45) is 0.195. The number of methoxy groups -OCH3 is 1. The predicted octanol–water partition coefficient (Wildman–Crippen LogP) is 3.68. The molecule has 0 aliphatic carbocycles. The van der Waals surface area contributed by atoms with E-state index >= 15 is 0 Å². The SMILES string of the molecule is COc1ccc(NC(C)=O)cc1NC(=O)CCOc1cccc(C)c1C. The highest BCUT2D eigenvalue weighted by Gasteiger charge is 2.10. The van der Waals surface area contributed by atoms with Gasteiger partial charge in [-0.15, -0.1) is 0 Å². The van der Waals surface area contributed by atoms with Gasteiger partial charge in [-0.3, -0.25) is 9.59 Å². The number of ether oxygens (including phenoxy) is 2. The summed E-state index contributed by atoms with van der Waals surface area (Å²) >= 11 is 0. The fourth-order valence-electron chi connectivity index (χ4n) is 2.43. The van der Waals surface area contributed by atoms with Crippen LogP contribution in [-0.2, 0) is 9.59 Å². The maximum Gasteiger partial charge on any atom is 0.227 e. The lowest BCUT2D eigenvalue weighted by Crippen LogP contribution is -2.16. The van der Waals surface area contributed by atoms with E-state index in [2.05, 4.69) is 10.6 Å². The van der Waals surface area contributed by atoms with Crippen LogP contribution in [0.3, 0.4) is 0 Å². The first-order valence-corrected chi connectivity index (χ1v) is 8.35. The number of benzene rings is 2. The molecule has 2 aromatic rings. The van der Waals surface area contributed by atoms with E-state index in [0.717, 1.165) is 16.9 Å². The quantitative estimate of drug-likeness (QED) is 0.793. The van der Waals surface area contributed by atoms with Crippen molar-refractivity contribution in [2.75, 3.05) is 24.4 Å². The second-order valence-electron chi connectivity index (χ2n) is 5.94. The van der Waals surface area contributed by atoms with Crippen LogP contribution in [0.2, 0.25) is 0 Å². The number of hydrogen-bond donors (Lipinski definition) is 2. The highest BCUT2D eigenvalue weighted by atomic mass is 16.5. The summed E-state index contributed by atoms with van der Waals surface area (Å²) in [5.41, 5.74) is 3.29. The molecule has 2 amide bonds. The van der Waals surface area contributed by atoms with Crippen LogP contribution >= 0.6 is 0 Å². The molecule has 0 radical (unpaired) electrons. The highest BCUT2D eigenvalue weighted by molar-refractivity contribution is 5.95. The second kappa shape index (κ2) is 8.89. The molecule has 0 bridgehead atoms. The van der Waals surface area contributed by atoms with Crippen LogP contribution in [0.1, 0.15) is 24.5 Å². The van der Waals surface area contributed by atoms with Crippen LogP contribution in [0.5, 0.6) is 11.5 Å². The van der Waals surface area contributed by atoms with Crippen LogP contribution in [0.25, 0.3) is 0 Å². The monoisotopic (exact) mass is 356 g/mol. The number of rotatable bonds is 7. The molecule has 0 unspecified atom stereocenters. The minimum absolute atomic E-state index is 0.186. The smallest absolute Gasteiger partial charge is 0.227 e. The van der Waals surface area contributed by atoms with Gasteiger partial charge in [0.25, 0.3) is 0 Å². The molecule has 6 nitrogen and oxygen atoms in total. The minimum Gasteiger partial charge on any atom is -0.495 e. The lowest BCUT2D eigenvalue weighted by molar-refractivity contribution is -0.116. The van der Waals surface area contributed by atoms with Crippen LogP contribution < -0.4 is 20.1 Å². The van der Waals surface area contributed by atoms with E-state index in [1.807, 2.05) is 32.0 Å². The third-order valence-corrected chi connectivity index (χ3v) is 3.94. The Kier molecular flexibility index (Phi) is 6.60. The van der Waals surface area contributed by atoms with Gasteiger partial charge in [0.05, 0.1) is 25.8 Å². The summed E-state index contributed by atoms with van der Waals surface area (Å²) in [5, 5.41) is 5.47. The van der Waals surface area contributed by atoms with E-state index in [-0.39, 0.29) is 24.8 Å². The van der Waals surface area contributed by atoms with Gasteiger partial charge in [0.2, 0.25) is 11.8 Å². The van der Waals surface area contributed by atoms with Crippen LogP contribution in [0, 0.1) is 13.8 Å². The number of carbonyl (C=O) groups is 2. The molecule has 0 fully saturated rings. The third kappa shape index (κ3) is 5.24. The van der Waals surface area contributed by atoms with Crippen molar-refractivity contribution >= 4 is 23.2 Å². The maximum atomic E-state index is 12.2. The van der Waals surface area contributed by atoms with Gasteiger partial charge >= 0.3 is 0 Å². The molecular formula is C20H24N2O4. The molecule has 0 saturated carbocycles. The van der Waals surface area contributed by atoms with Gasteiger partial charge < -0.3 is 20.1 Å². The minimum atomic E-state index is -0.200. The van der Waals surface area contributed by atoms with E-state index in [4.69, 9.17) is 9.47 Å². The molecule has 0 aromatic heterocycles. The van der Waals surface area contributed by atoms with E-state index in [9.17, 15) is 9.59 Å². The Labute approximate surface area is 153 Å². The van der Waals surface area contributed by atoms with Gasteiger partial charge in [-0.1, -0.05) is 12.1 Å². The van der Waals surface area contributed by atoms with Gasteiger partial charge in [-0.05, 0) is 49.2 Å². The van der Waals surface area contributed by atoms with E-state index < -0.39 is 0 Å². The number of hydrogen-bond acceptors (Lipinski definition) is 4. The normalized spacial score (nSPS) is 10.2. The van der Waals surface area contributed by atoms with Crippen molar-refractivity contribution in [1.29, 1.82) is 0 Å². The highest BCUT2D eigenvalue weighted by Crippen LogP contribution is 2.28. The summed E-state index contributed by atoms with van der Waals surface area (Å²) in [6.45, 7) is 5.70. The number of carbonyl (C=O) groups excluding carboxylic acids is 2. The summed E-state index contributed by atoms with van der Waals surface area (Å²) < 4.78 is 11.0. The summed E-state index contributed by atoms with van der Waals surface area (Å²) in [7, 11) is 1.52. The van der Waals surface area contributed by atoms with Crippen LogP contribution in [-0.4, -0.2) is 25.5 Å². The van der Waals surface area contributed by atoms with Gasteiger partial charge in [0.15, 0.2) is 0 Å². The zero-order chi connectivity index (χ0) is 19.1. The van der Waals surface area contributed by atoms with E-state index in [0.29, 0.717) is 17.1 Å². The molecule has 26 heavy (non-hydrogen) atoms. The number of aryl methyl sites for hydroxylation is 1. The molecule has 138 valence electrons. The van der Waals surface area contributed by atoms with Gasteiger partial charge in [0.1, 0.15) is 11.5 Å². The molecule has 0 saturated heterocycles. The fourth-order valence-corrected chi connectivity index (χ4v) is 2.43. The average molecular weight is 356 g/mol. The molecule has 0 heterocycles. The standard InChI is InChI=1S/C20H24N2O4/c1-13-6-5-7-18(14(13)2)26-11-10-20(24)22-17-12-16(21-15(3)23)8-9-19(17)25-4/h5-9,12H,10-11H2,1-4H3,(H,21,23)(H,22,24). The lowest BCUT2D eigenvalue weighted by atomic mass is 10.1. The molecular weight excluding hydrogens is 332 g/mol. The van der Waals surface area contributed by atoms with Crippen LogP contribution in [0.4, 0.5) is 11.4 Å². The van der Waals surface area contributed by atoms with Crippen molar-refractivity contribution in [2.24, 2.45) is 0 Å². The number of amides is 2. The van der Waals surface area contributed by atoms with E-state index in [1.54, 1.807) is 18.2 Å². The van der Waals surface area contributed by atoms with Gasteiger partial charge in [-0.25, -0.2) is 0 Å². The summed E-state index contributed by atoms with van der Waals surface area (Å²) in [6, 6.07) is 10.9. The molecule has 0 atom stereocenters. The van der Waals surface area contributed by atoms with Crippen molar-refractivity contribution in [1.82, 2.24) is 0 Å².